The first-order valence-electron chi connectivity index (χ1n) is 10.6. The summed E-state index contributed by atoms with van der Waals surface area (Å²) in [5.74, 6) is 1.55. The number of benzene rings is 2. The number of ether oxygens (including phenoxy) is 1. The molecular weight excluding hydrogens is 410 g/mol. The molecule has 2 heterocycles. The SMILES string of the molecule is CCOc1ccc(NC(=O)[C@@H]2Sc3nnc(CC)n3N[C@@H]2c2ccc(CC)cc2)cc1. The van der Waals surface area contributed by atoms with Crippen molar-refractivity contribution in [2.75, 3.05) is 17.3 Å². The number of nitrogens with one attached hydrogen (secondary N) is 2. The van der Waals surface area contributed by atoms with Crippen molar-refractivity contribution in [1.82, 2.24) is 14.9 Å². The maximum absolute atomic E-state index is 13.3. The first-order valence-corrected chi connectivity index (χ1v) is 11.5. The Hall–Kier alpha value is -3.00. The van der Waals surface area contributed by atoms with Crippen molar-refractivity contribution in [3.8, 4) is 5.75 Å². The van der Waals surface area contributed by atoms with Gasteiger partial charge in [-0.15, -0.1) is 10.2 Å². The first-order chi connectivity index (χ1) is 15.1. The zero-order valence-corrected chi connectivity index (χ0v) is 18.8. The topological polar surface area (TPSA) is 81.1 Å². The average molecular weight is 438 g/mol. The number of hydrogen-bond donors (Lipinski definition) is 2. The number of rotatable bonds is 7. The number of aryl methyl sites for hydroxylation is 2. The number of carbonyl (C=O) groups excluding carboxylic acids is 1. The lowest BCUT2D eigenvalue weighted by atomic mass is 10.0. The molecule has 7 nitrogen and oxygen atoms in total. The van der Waals surface area contributed by atoms with Crippen molar-refractivity contribution in [3.05, 3.63) is 65.5 Å². The third-order valence-electron chi connectivity index (χ3n) is 5.26. The van der Waals surface area contributed by atoms with E-state index in [9.17, 15) is 4.79 Å². The fraction of sp³-hybridized carbons (Fsp3) is 0.348. The van der Waals surface area contributed by atoms with Gasteiger partial charge in [0.1, 0.15) is 11.0 Å². The molecule has 0 radical (unpaired) electrons. The van der Waals surface area contributed by atoms with Gasteiger partial charge in [0.25, 0.3) is 0 Å². The van der Waals surface area contributed by atoms with Gasteiger partial charge in [-0.25, -0.2) is 4.68 Å². The third kappa shape index (κ3) is 4.54. The molecule has 0 saturated heterocycles. The Labute approximate surface area is 186 Å². The molecule has 2 atom stereocenters. The lowest BCUT2D eigenvalue weighted by Crippen LogP contribution is -2.41. The molecule has 1 amide bonds. The summed E-state index contributed by atoms with van der Waals surface area (Å²) in [7, 11) is 0. The second kappa shape index (κ2) is 9.43. The monoisotopic (exact) mass is 437 g/mol. The van der Waals surface area contributed by atoms with Crippen molar-refractivity contribution in [2.45, 2.75) is 50.1 Å². The third-order valence-corrected chi connectivity index (χ3v) is 6.47. The quantitative estimate of drug-likeness (QED) is 0.577. The number of fused-ring (bicyclic) bond motifs is 1. The molecule has 1 aliphatic heterocycles. The van der Waals surface area contributed by atoms with Crippen LogP contribution >= 0.6 is 11.8 Å². The predicted molar refractivity (Wildman–Crippen MR) is 123 cm³/mol. The van der Waals surface area contributed by atoms with E-state index in [2.05, 4.69) is 52.1 Å². The van der Waals surface area contributed by atoms with E-state index in [4.69, 9.17) is 4.74 Å². The Kier molecular flexibility index (Phi) is 6.46. The smallest absolute Gasteiger partial charge is 0.240 e. The molecule has 3 aromatic rings. The van der Waals surface area contributed by atoms with E-state index >= 15 is 0 Å². The Bertz CT molecular complexity index is 1030. The summed E-state index contributed by atoms with van der Waals surface area (Å²) in [6.07, 6.45) is 1.73. The largest absolute Gasteiger partial charge is 0.494 e. The van der Waals surface area contributed by atoms with Gasteiger partial charge in [0, 0.05) is 12.1 Å². The van der Waals surface area contributed by atoms with Crippen LogP contribution < -0.4 is 15.5 Å². The molecule has 1 aliphatic rings. The Morgan fingerprint density at radius 1 is 1.06 bits per heavy atom. The summed E-state index contributed by atoms with van der Waals surface area (Å²) < 4.78 is 7.39. The number of carbonyl (C=O) groups is 1. The highest BCUT2D eigenvalue weighted by atomic mass is 32.2. The van der Waals surface area contributed by atoms with Gasteiger partial charge in [0.05, 0.1) is 12.6 Å². The van der Waals surface area contributed by atoms with Gasteiger partial charge < -0.3 is 15.5 Å². The maximum Gasteiger partial charge on any atom is 0.240 e. The summed E-state index contributed by atoms with van der Waals surface area (Å²) >= 11 is 1.43. The molecule has 0 spiro atoms. The summed E-state index contributed by atoms with van der Waals surface area (Å²) in [4.78, 5) is 13.3. The molecule has 31 heavy (non-hydrogen) atoms. The minimum atomic E-state index is -0.402. The van der Waals surface area contributed by atoms with Crippen LogP contribution in [0.2, 0.25) is 0 Å². The number of nitrogens with zero attached hydrogens (tertiary/aromatic N) is 3. The van der Waals surface area contributed by atoms with Crippen LogP contribution in [-0.2, 0) is 17.6 Å². The summed E-state index contributed by atoms with van der Waals surface area (Å²) in [5.41, 5.74) is 6.53. The number of anilines is 1. The van der Waals surface area contributed by atoms with Crippen LogP contribution in [0.15, 0.2) is 53.7 Å². The molecule has 1 aromatic heterocycles. The fourth-order valence-corrected chi connectivity index (χ4v) is 4.65. The lowest BCUT2D eigenvalue weighted by molar-refractivity contribution is -0.116. The van der Waals surface area contributed by atoms with E-state index < -0.39 is 5.25 Å². The zero-order chi connectivity index (χ0) is 21.8. The molecule has 0 fully saturated rings. The van der Waals surface area contributed by atoms with Crippen LogP contribution in [0.3, 0.4) is 0 Å². The number of hydrogen-bond acceptors (Lipinski definition) is 6. The highest BCUT2D eigenvalue weighted by Gasteiger charge is 2.37. The molecule has 0 bridgehead atoms. The van der Waals surface area contributed by atoms with Gasteiger partial charge in [0.15, 0.2) is 5.82 Å². The standard InChI is InChI=1S/C23H27N5O2S/c1-4-15-7-9-16(10-8-15)20-21(31-23-26-25-19(5-2)28(23)27-20)22(29)24-17-11-13-18(14-12-17)30-6-3/h7-14,20-21,27H,4-6H2,1-3H3,(H,24,29)/t20-,21-/m1/s1. The van der Waals surface area contributed by atoms with Gasteiger partial charge in [-0.3, -0.25) is 4.79 Å². The summed E-state index contributed by atoms with van der Waals surface area (Å²) in [5, 5.41) is 11.9. The fourth-order valence-electron chi connectivity index (χ4n) is 3.55. The van der Waals surface area contributed by atoms with E-state index in [1.807, 2.05) is 42.8 Å². The van der Waals surface area contributed by atoms with Crippen LogP contribution in [0.5, 0.6) is 5.75 Å². The van der Waals surface area contributed by atoms with Crippen LogP contribution in [0, 0.1) is 0 Å². The maximum atomic E-state index is 13.3. The highest BCUT2D eigenvalue weighted by molar-refractivity contribution is 8.00. The molecule has 4 rings (SSSR count). The summed E-state index contributed by atoms with van der Waals surface area (Å²) in [6.45, 7) is 6.72. The second-order valence-corrected chi connectivity index (χ2v) is 8.38. The van der Waals surface area contributed by atoms with Crippen molar-refractivity contribution in [2.24, 2.45) is 0 Å². The van der Waals surface area contributed by atoms with Crippen molar-refractivity contribution < 1.29 is 9.53 Å². The Morgan fingerprint density at radius 3 is 2.45 bits per heavy atom. The lowest BCUT2D eigenvalue weighted by Gasteiger charge is -2.33. The summed E-state index contributed by atoms with van der Waals surface area (Å²) in [6, 6.07) is 15.6. The van der Waals surface area contributed by atoms with Crippen LogP contribution in [0.1, 0.15) is 43.8 Å². The first kappa shape index (κ1) is 21.2. The minimum absolute atomic E-state index is 0.0847. The van der Waals surface area contributed by atoms with Crippen LogP contribution in [0.4, 0.5) is 5.69 Å². The van der Waals surface area contributed by atoms with Gasteiger partial charge in [0.2, 0.25) is 11.1 Å². The van der Waals surface area contributed by atoms with Gasteiger partial charge in [-0.05, 0) is 48.7 Å². The molecule has 162 valence electrons. The predicted octanol–water partition coefficient (Wildman–Crippen LogP) is 4.20. The Morgan fingerprint density at radius 2 is 1.81 bits per heavy atom. The van der Waals surface area contributed by atoms with Crippen molar-refractivity contribution in [1.29, 1.82) is 0 Å². The molecule has 0 unspecified atom stereocenters. The van der Waals surface area contributed by atoms with Crippen LogP contribution in [0.25, 0.3) is 0 Å². The molecular formula is C23H27N5O2S. The van der Waals surface area contributed by atoms with Crippen molar-refractivity contribution in [3.63, 3.8) is 0 Å². The Balaban J connectivity index is 1.60. The second-order valence-electron chi connectivity index (χ2n) is 7.27. The van der Waals surface area contributed by atoms with Crippen molar-refractivity contribution >= 4 is 23.4 Å². The van der Waals surface area contributed by atoms with Gasteiger partial charge >= 0.3 is 0 Å². The average Bonchev–Trinajstić information content (AvgIpc) is 3.22. The van der Waals surface area contributed by atoms with Gasteiger partial charge in [-0.1, -0.05) is 49.9 Å². The molecule has 2 N–H and O–H groups in total. The van der Waals surface area contributed by atoms with E-state index in [0.717, 1.165) is 35.7 Å². The van der Waals surface area contributed by atoms with E-state index in [1.165, 1.54) is 17.3 Å². The van der Waals surface area contributed by atoms with E-state index in [0.29, 0.717) is 11.8 Å². The van der Waals surface area contributed by atoms with E-state index in [-0.39, 0.29) is 11.9 Å². The minimum Gasteiger partial charge on any atom is -0.494 e. The molecule has 0 saturated carbocycles. The normalized spacial score (nSPS) is 17.5. The van der Waals surface area contributed by atoms with Crippen LogP contribution in [-0.4, -0.2) is 32.6 Å². The highest BCUT2D eigenvalue weighted by Crippen LogP contribution is 2.37. The van der Waals surface area contributed by atoms with E-state index in [1.54, 1.807) is 0 Å². The number of amides is 1. The van der Waals surface area contributed by atoms with Gasteiger partial charge in [-0.2, -0.15) is 0 Å². The molecule has 2 aromatic carbocycles. The molecule has 0 aliphatic carbocycles. The zero-order valence-electron chi connectivity index (χ0n) is 18.0. The number of thioether (sulfide) groups is 1. The number of aromatic nitrogens is 3. The molecule has 8 heteroatoms.